The average molecular weight is 286 g/mol. The quantitative estimate of drug-likeness (QED) is 0.927. The number of alkyl halides is 2. The molecule has 0 spiro atoms. The first-order valence-corrected chi connectivity index (χ1v) is 6.84. The van der Waals surface area contributed by atoms with E-state index >= 15 is 0 Å². The highest BCUT2D eigenvalue weighted by Crippen LogP contribution is 2.28. The van der Waals surface area contributed by atoms with Crippen molar-refractivity contribution in [3.8, 4) is 0 Å². The van der Waals surface area contributed by atoms with E-state index in [1.807, 2.05) is 20.0 Å². The second-order valence-electron chi connectivity index (χ2n) is 5.13. The lowest BCUT2D eigenvalue weighted by atomic mass is 10.1. The van der Waals surface area contributed by atoms with Gasteiger partial charge in [-0.2, -0.15) is 5.10 Å². The number of halogens is 2. The molecular weight excluding hydrogens is 266 g/mol. The molecule has 2 heterocycles. The molecule has 1 N–H and O–H groups in total. The maximum absolute atomic E-state index is 13.1. The first-order valence-electron chi connectivity index (χ1n) is 6.84. The standard InChI is InChI=1S/C13H20F2N4O/c1-3-10(11-4-7-16-18(11)2)17-12(20)19-8-5-13(14,15)6-9-19/h4,7,10H,3,5-6,8-9H2,1-2H3,(H,17,20)/t10-/m1/s1. The van der Waals surface area contributed by atoms with E-state index in [9.17, 15) is 13.6 Å². The van der Waals surface area contributed by atoms with Crippen molar-refractivity contribution < 1.29 is 13.6 Å². The molecule has 20 heavy (non-hydrogen) atoms. The molecule has 0 radical (unpaired) electrons. The second kappa shape index (κ2) is 5.76. The Kier molecular flexibility index (Phi) is 4.25. The number of carbonyl (C=O) groups excluding carboxylic acids is 1. The molecule has 1 aliphatic rings. The number of urea groups is 1. The highest BCUT2D eigenvalue weighted by Gasteiger charge is 2.36. The van der Waals surface area contributed by atoms with Gasteiger partial charge in [0.2, 0.25) is 0 Å². The van der Waals surface area contributed by atoms with Crippen LogP contribution < -0.4 is 5.32 Å². The fourth-order valence-corrected chi connectivity index (χ4v) is 2.39. The van der Waals surface area contributed by atoms with Gasteiger partial charge in [0.1, 0.15) is 0 Å². The molecular formula is C13H20F2N4O. The lowest BCUT2D eigenvalue weighted by Gasteiger charge is -2.32. The molecule has 1 saturated heterocycles. The minimum atomic E-state index is -2.64. The van der Waals surface area contributed by atoms with Crippen molar-refractivity contribution >= 4 is 6.03 Å². The van der Waals surface area contributed by atoms with Crippen LogP contribution in [0.25, 0.3) is 0 Å². The minimum absolute atomic E-state index is 0.0979. The van der Waals surface area contributed by atoms with Crippen LogP contribution in [0.4, 0.5) is 13.6 Å². The minimum Gasteiger partial charge on any atom is -0.330 e. The molecule has 1 atom stereocenters. The summed E-state index contributed by atoms with van der Waals surface area (Å²) in [6, 6.07) is 1.41. The number of amides is 2. The lowest BCUT2D eigenvalue weighted by Crippen LogP contribution is -2.48. The molecule has 112 valence electrons. The number of carbonyl (C=O) groups is 1. The van der Waals surface area contributed by atoms with Crippen molar-refractivity contribution in [1.82, 2.24) is 20.0 Å². The zero-order chi connectivity index (χ0) is 14.8. The maximum Gasteiger partial charge on any atom is 0.317 e. The lowest BCUT2D eigenvalue weighted by molar-refractivity contribution is -0.0471. The van der Waals surface area contributed by atoms with Crippen molar-refractivity contribution in [2.24, 2.45) is 7.05 Å². The topological polar surface area (TPSA) is 50.2 Å². The van der Waals surface area contributed by atoms with Crippen LogP contribution >= 0.6 is 0 Å². The van der Waals surface area contributed by atoms with Gasteiger partial charge in [0, 0.05) is 39.2 Å². The van der Waals surface area contributed by atoms with E-state index in [2.05, 4.69) is 10.4 Å². The van der Waals surface area contributed by atoms with Gasteiger partial charge in [-0.05, 0) is 12.5 Å². The maximum atomic E-state index is 13.1. The van der Waals surface area contributed by atoms with Crippen LogP contribution in [-0.2, 0) is 7.05 Å². The second-order valence-corrected chi connectivity index (χ2v) is 5.13. The van der Waals surface area contributed by atoms with Crippen molar-refractivity contribution in [3.05, 3.63) is 18.0 Å². The van der Waals surface area contributed by atoms with Gasteiger partial charge in [0.25, 0.3) is 5.92 Å². The fraction of sp³-hybridized carbons (Fsp3) is 0.692. The van der Waals surface area contributed by atoms with Gasteiger partial charge in [-0.1, -0.05) is 6.92 Å². The van der Waals surface area contributed by atoms with E-state index in [0.717, 1.165) is 12.1 Å². The predicted octanol–water partition coefficient (Wildman–Crippen LogP) is 2.31. The summed E-state index contributed by atoms with van der Waals surface area (Å²) in [4.78, 5) is 13.6. The molecule has 0 saturated carbocycles. The molecule has 5 nitrogen and oxygen atoms in total. The van der Waals surface area contributed by atoms with E-state index < -0.39 is 5.92 Å². The number of nitrogens with zero attached hydrogens (tertiary/aromatic N) is 3. The summed E-state index contributed by atoms with van der Waals surface area (Å²) in [5, 5.41) is 6.97. The van der Waals surface area contributed by atoms with E-state index in [-0.39, 0.29) is 38.0 Å². The smallest absolute Gasteiger partial charge is 0.317 e. The molecule has 0 aromatic carbocycles. The van der Waals surface area contributed by atoms with Crippen molar-refractivity contribution in [2.45, 2.75) is 38.2 Å². The summed E-state index contributed by atoms with van der Waals surface area (Å²) in [5.74, 6) is -2.64. The van der Waals surface area contributed by atoms with E-state index in [0.29, 0.717) is 0 Å². The summed E-state index contributed by atoms with van der Waals surface area (Å²) in [7, 11) is 1.81. The molecule has 1 aromatic heterocycles. The average Bonchev–Trinajstić information content (AvgIpc) is 2.82. The number of nitrogens with one attached hydrogen (secondary N) is 1. The molecule has 0 aliphatic carbocycles. The zero-order valence-corrected chi connectivity index (χ0v) is 11.8. The van der Waals surface area contributed by atoms with Gasteiger partial charge < -0.3 is 10.2 Å². The monoisotopic (exact) mass is 286 g/mol. The van der Waals surface area contributed by atoms with E-state index in [1.54, 1.807) is 10.9 Å². The number of hydrogen-bond acceptors (Lipinski definition) is 2. The van der Waals surface area contributed by atoms with Gasteiger partial charge >= 0.3 is 6.03 Å². The summed E-state index contributed by atoms with van der Waals surface area (Å²) in [6.45, 7) is 2.16. The number of rotatable bonds is 3. The summed E-state index contributed by atoms with van der Waals surface area (Å²) < 4.78 is 27.9. The van der Waals surface area contributed by atoms with Crippen LogP contribution in [0.15, 0.2) is 12.3 Å². The number of hydrogen-bond donors (Lipinski definition) is 1. The molecule has 7 heteroatoms. The Morgan fingerprint density at radius 3 is 2.65 bits per heavy atom. The fourth-order valence-electron chi connectivity index (χ4n) is 2.39. The van der Waals surface area contributed by atoms with Gasteiger partial charge in [-0.15, -0.1) is 0 Å². The molecule has 1 fully saturated rings. The van der Waals surface area contributed by atoms with Gasteiger partial charge in [-0.3, -0.25) is 4.68 Å². The van der Waals surface area contributed by atoms with Crippen LogP contribution in [0.2, 0.25) is 0 Å². The van der Waals surface area contributed by atoms with Gasteiger partial charge in [-0.25, -0.2) is 13.6 Å². The molecule has 2 amide bonds. The van der Waals surface area contributed by atoms with Gasteiger partial charge in [0.05, 0.1) is 11.7 Å². The van der Waals surface area contributed by atoms with Crippen LogP contribution in [0, 0.1) is 0 Å². The highest BCUT2D eigenvalue weighted by atomic mass is 19.3. The molecule has 0 bridgehead atoms. The van der Waals surface area contributed by atoms with Crippen molar-refractivity contribution in [3.63, 3.8) is 0 Å². The number of aromatic nitrogens is 2. The molecule has 1 aliphatic heterocycles. The van der Waals surface area contributed by atoms with E-state index in [4.69, 9.17) is 0 Å². The van der Waals surface area contributed by atoms with Gasteiger partial charge in [0.15, 0.2) is 0 Å². The Morgan fingerprint density at radius 1 is 1.50 bits per heavy atom. The predicted molar refractivity (Wildman–Crippen MR) is 70.5 cm³/mol. The SMILES string of the molecule is CC[C@@H](NC(=O)N1CCC(F)(F)CC1)c1ccnn1C. The first kappa shape index (κ1) is 14.7. The Balaban J connectivity index is 1.95. The normalized spacial score (nSPS) is 19.7. The highest BCUT2D eigenvalue weighted by molar-refractivity contribution is 5.74. The third-order valence-electron chi connectivity index (χ3n) is 3.70. The van der Waals surface area contributed by atoms with Crippen LogP contribution in [0.5, 0.6) is 0 Å². The number of piperidine rings is 1. The van der Waals surface area contributed by atoms with Crippen molar-refractivity contribution in [2.75, 3.05) is 13.1 Å². The summed E-state index contributed by atoms with van der Waals surface area (Å²) in [5.41, 5.74) is 0.906. The first-order chi connectivity index (χ1) is 9.43. The third kappa shape index (κ3) is 3.26. The number of likely N-dealkylation sites (tertiary alicyclic amines) is 1. The number of aryl methyl sites for hydroxylation is 1. The third-order valence-corrected chi connectivity index (χ3v) is 3.70. The van der Waals surface area contributed by atoms with Crippen molar-refractivity contribution in [1.29, 1.82) is 0 Å². The summed E-state index contributed by atoms with van der Waals surface area (Å²) >= 11 is 0. The Hall–Kier alpha value is -1.66. The molecule has 2 rings (SSSR count). The van der Waals surface area contributed by atoms with Crippen LogP contribution in [-0.4, -0.2) is 39.7 Å². The van der Waals surface area contributed by atoms with Crippen LogP contribution in [0.3, 0.4) is 0 Å². The Morgan fingerprint density at radius 2 is 2.15 bits per heavy atom. The van der Waals surface area contributed by atoms with Crippen LogP contribution in [0.1, 0.15) is 37.9 Å². The summed E-state index contributed by atoms with van der Waals surface area (Å²) in [6.07, 6.45) is 1.87. The molecule has 0 unspecified atom stereocenters. The Labute approximate surface area is 116 Å². The van der Waals surface area contributed by atoms with E-state index in [1.165, 1.54) is 4.90 Å². The largest absolute Gasteiger partial charge is 0.330 e. The Bertz CT molecular complexity index is 465. The zero-order valence-electron chi connectivity index (χ0n) is 11.8. The molecule has 1 aromatic rings.